The van der Waals surface area contributed by atoms with E-state index >= 15 is 0 Å². The summed E-state index contributed by atoms with van der Waals surface area (Å²) < 4.78 is 23.4. The minimum Gasteiger partial charge on any atom is -0.469 e. The number of halogens is 1. The molecule has 0 amide bonds. The Morgan fingerprint density at radius 3 is 2.52 bits per heavy atom. The molecule has 6 heteroatoms. The van der Waals surface area contributed by atoms with E-state index in [0.29, 0.717) is 12.3 Å². The number of Topliss-reactive ketones (excluding diaryl/α,β-unsaturated/α-hetero) is 1. The van der Waals surface area contributed by atoms with Crippen molar-refractivity contribution in [2.24, 2.45) is 11.8 Å². The molecule has 27 heavy (non-hydrogen) atoms. The molecule has 0 fully saturated rings. The summed E-state index contributed by atoms with van der Waals surface area (Å²) in [6, 6.07) is 12.5. The van der Waals surface area contributed by atoms with Gasteiger partial charge in [0.15, 0.2) is 0 Å². The Kier molecular flexibility index (Phi) is 8.07. The molecule has 5 nitrogen and oxygen atoms in total. The molecule has 1 heterocycles. The molecule has 144 valence electrons. The lowest BCUT2D eigenvalue weighted by atomic mass is 9.92. The highest BCUT2D eigenvalue weighted by atomic mass is 19.1. The molecular weight excluding hydrogens is 349 g/mol. The number of ketones is 1. The molecule has 0 N–H and O–H groups in total. The van der Waals surface area contributed by atoms with Gasteiger partial charge in [-0.05, 0) is 17.7 Å². The molecule has 0 saturated carbocycles. The lowest BCUT2D eigenvalue weighted by molar-refractivity contribution is -0.147. The van der Waals surface area contributed by atoms with Crippen LogP contribution in [0.1, 0.15) is 24.6 Å². The SMILES string of the molecule is COC(=O)[C@@H](CC(=O)[C@@H](C)COCc1ccccc1)Cc1ccc(F)cn1. The molecule has 1 aromatic heterocycles. The third kappa shape index (κ3) is 6.90. The predicted molar refractivity (Wildman–Crippen MR) is 98.3 cm³/mol. The van der Waals surface area contributed by atoms with Crippen molar-refractivity contribution in [3.05, 3.63) is 65.7 Å². The lowest BCUT2D eigenvalue weighted by Crippen LogP contribution is -2.26. The first-order valence-electron chi connectivity index (χ1n) is 8.82. The summed E-state index contributed by atoms with van der Waals surface area (Å²) in [5.41, 5.74) is 1.57. The highest BCUT2D eigenvalue weighted by Crippen LogP contribution is 2.17. The van der Waals surface area contributed by atoms with Crippen molar-refractivity contribution in [2.45, 2.75) is 26.4 Å². The normalized spacial score (nSPS) is 13.0. The zero-order chi connectivity index (χ0) is 19.6. The molecule has 0 spiro atoms. The molecule has 0 aliphatic heterocycles. The van der Waals surface area contributed by atoms with Crippen LogP contribution in [0.5, 0.6) is 0 Å². The minimum absolute atomic E-state index is 0.0294. The Morgan fingerprint density at radius 2 is 1.89 bits per heavy atom. The highest BCUT2D eigenvalue weighted by molar-refractivity contribution is 5.86. The van der Waals surface area contributed by atoms with Gasteiger partial charge in [0, 0.05) is 24.5 Å². The number of carbonyl (C=O) groups is 2. The van der Waals surface area contributed by atoms with E-state index < -0.39 is 17.7 Å². The van der Waals surface area contributed by atoms with Crippen molar-refractivity contribution < 1.29 is 23.5 Å². The van der Waals surface area contributed by atoms with E-state index in [-0.39, 0.29) is 31.1 Å². The summed E-state index contributed by atoms with van der Waals surface area (Å²) in [5.74, 6) is -2.01. The molecule has 0 radical (unpaired) electrons. The average molecular weight is 373 g/mol. The van der Waals surface area contributed by atoms with Crippen LogP contribution in [0.15, 0.2) is 48.7 Å². The molecule has 0 unspecified atom stereocenters. The summed E-state index contributed by atoms with van der Waals surface area (Å²) in [5, 5.41) is 0. The Labute approximate surface area is 158 Å². The Hall–Kier alpha value is -2.60. The van der Waals surface area contributed by atoms with E-state index in [0.717, 1.165) is 11.8 Å². The number of methoxy groups -OCH3 is 1. The number of nitrogens with zero attached hydrogens (tertiary/aromatic N) is 1. The van der Waals surface area contributed by atoms with Gasteiger partial charge in [-0.25, -0.2) is 4.39 Å². The standard InChI is InChI=1S/C21H24FNO4/c1-15(13-27-14-16-6-4-3-5-7-16)20(24)11-17(21(25)26-2)10-19-9-8-18(22)12-23-19/h3-9,12,15,17H,10-11,13-14H2,1-2H3/t15-,17+/m0/s1. The molecule has 2 rings (SSSR count). The fourth-order valence-corrected chi connectivity index (χ4v) is 2.65. The summed E-state index contributed by atoms with van der Waals surface area (Å²) in [7, 11) is 1.28. The van der Waals surface area contributed by atoms with Crippen molar-refractivity contribution in [1.82, 2.24) is 4.98 Å². The molecule has 2 atom stereocenters. The molecule has 0 saturated heterocycles. The van der Waals surface area contributed by atoms with E-state index in [1.165, 1.54) is 19.2 Å². The van der Waals surface area contributed by atoms with E-state index in [4.69, 9.17) is 9.47 Å². The topological polar surface area (TPSA) is 65.5 Å². The van der Waals surface area contributed by atoms with Crippen molar-refractivity contribution in [2.75, 3.05) is 13.7 Å². The van der Waals surface area contributed by atoms with E-state index in [1.54, 1.807) is 6.92 Å². The number of hydrogen-bond acceptors (Lipinski definition) is 5. The first kappa shape index (κ1) is 20.7. The number of carbonyl (C=O) groups excluding carboxylic acids is 2. The Bertz CT molecular complexity index is 734. The lowest BCUT2D eigenvalue weighted by Gasteiger charge is -2.17. The van der Waals surface area contributed by atoms with Gasteiger partial charge >= 0.3 is 5.97 Å². The summed E-state index contributed by atoms with van der Waals surface area (Å²) in [4.78, 5) is 28.5. The van der Waals surface area contributed by atoms with Crippen LogP contribution in [0.3, 0.4) is 0 Å². The molecule has 0 aliphatic carbocycles. The van der Waals surface area contributed by atoms with Crippen LogP contribution in [0, 0.1) is 17.7 Å². The quantitative estimate of drug-likeness (QED) is 0.598. The van der Waals surface area contributed by atoms with E-state index in [1.807, 2.05) is 30.3 Å². The monoisotopic (exact) mass is 373 g/mol. The van der Waals surface area contributed by atoms with E-state index in [9.17, 15) is 14.0 Å². The van der Waals surface area contributed by atoms with Gasteiger partial charge in [0.25, 0.3) is 0 Å². The van der Waals surface area contributed by atoms with Crippen LogP contribution < -0.4 is 0 Å². The Balaban J connectivity index is 1.87. The number of ether oxygens (including phenoxy) is 2. The molecule has 0 aliphatic rings. The summed E-state index contributed by atoms with van der Waals surface area (Å²) >= 11 is 0. The highest BCUT2D eigenvalue weighted by Gasteiger charge is 2.26. The molecule has 1 aromatic carbocycles. The van der Waals surface area contributed by atoms with Crippen LogP contribution in [-0.4, -0.2) is 30.5 Å². The second kappa shape index (κ2) is 10.5. The van der Waals surface area contributed by atoms with Crippen molar-refractivity contribution in [1.29, 1.82) is 0 Å². The maximum atomic E-state index is 13.0. The van der Waals surface area contributed by atoms with Crippen molar-refractivity contribution >= 4 is 11.8 Å². The second-order valence-electron chi connectivity index (χ2n) is 6.46. The number of benzene rings is 1. The number of rotatable bonds is 10. The van der Waals surface area contributed by atoms with Crippen LogP contribution in [-0.2, 0) is 32.1 Å². The third-order valence-electron chi connectivity index (χ3n) is 4.26. The average Bonchev–Trinajstić information content (AvgIpc) is 2.69. The minimum atomic E-state index is -0.656. The van der Waals surface area contributed by atoms with Crippen molar-refractivity contribution in [3.63, 3.8) is 0 Å². The van der Waals surface area contributed by atoms with Gasteiger partial charge in [0.1, 0.15) is 11.6 Å². The first-order chi connectivity index (χ1) is 13.0. The molecule has 0 bridgehead atoms. The Morgan fingerprint density at radius 1 is 1.15 bits per heavy atom. The molecule has 2 aromatic rings. The van der Waals surface area contributed by atoms with Crippen molar-refractivity contribution in [3.8, 4) is 0 Å². The van der Waals surface area contributed by atoms with Gasteiger partial charge in [-0.15, -0.1) is 0 Å². The first-order valence-corrected chi connectivity index (χ1v) is 8.82. The van der Waals surface area contributed by atoms with E-state index in [2.05, 4.69) is 4.98 Å². The van der Waals surface area contributed by atoms with Crippen LogP contribution in [0.25, 0.3) is 0 Å². The maximum Gasteiger partial charge on any atom is 0.309 e. The number of esters is 1. The third-order valence-corrected chi connectivity index (χ3v) is 4.26. The molecular formula is C21H24FNO4. The maximum absolute atomic E-state index is 13.0. The largest absolute Gasteiger partial charge is 0.469 e. The van der Waals surface area contributed by atoms with Gasteiger partial charge in [0.05, 0.1) is 32.4 Å². The van der Waals surface area contributed by atoms with Gasteiger partial charge in [-0.2, -0.15) is 0 Å². The van der Waals surface area contributed by atoms with Crippen LogP contribution in [0.2, 0.25) is 0 Å². The fraction of sp³-hybridized carbons (Fsp3) is 0.381. The summed E-state index contributed by atoms with van der Waals surface area (Å²) in [6.07, 6.45) is 1.34. The number of pyridine rings is 1. The summed E-state index contributed by atoms with van der Waals surface area (Å²) in [6.45, 7) is 2.48. The van der Waals surface area contributed by atoms with Gasteiger partial charge in [0.2, 0.25) is 0 Å². The fourth-order valence-electron chi connectivity index (χ4n) is 2.65. The smallest absolute Gasteiger partial charge is 0.309 e. The second-order valence-corrected chi connectivity index (χ2v) is 6.46. The van der Waals surface area contributed by atoms with Gasteiger partial charge in [-0.1, -0.05) is 37.3 Å². The van der Waals surface area contributed by atoms with Crippen LogP contribution in [0.4, 0.5) is 4.39 Å². The van der Waals surface area contributed by atoms with Gasteiger partial charge < -0.3 is 9.47 Å². The zero-order valence-corrected chi connectivity index (χ0v) is 15.6. The number of aromatic nitrogens is 1. The number of hydrogen-bond donors (Lipinski definition) is 0. The predicted octanol–water partition coefficient (Wildman–Crippen LogP) is 3.36. The van der Waals surface area contributed by atoms with Crippen LogP contribution >= 0.6 is 0 Å². The van der Waals surface area contributed by atoms with Gasteiger partial charge in [-0.3, -0.25) is 14.6 Å². The zero-order valence-electron chi connectivity index (χ0n) is 15.6.